The fourth-order valence-corrected chi connectivity index (χ4v) is 2.51. The minimum atomic E-state index is -0.753. The summed E-state index contributed by atoms with van der Waals surface area (Å²) in [6, 6.07) is 14.1. The van der Waals surface area contributed by atoms with Crippen LogP contribution in [0.5, 0.6) is 0 Å². The van der Waals surface area contributed by atoms with Crippen molar-refractivity contribution in [3.05, 3.63) is 82.9 Å². The lowest BCUT2D eigenvalue weighted by molar-refractivity contribution is 0.103. The van der Waals surface area contributed by atoms with E-state index in [9.17, 15) is 13.6 Å². The van der Waals surface area contributed by atoms with Crippen molar-refractivity contribution >= 4 is 16.6 Å². The molecule has 0 N–H and O–H groups in total. The summed E-state index contributed by atoms with van der Waals surface area (Å²) < 4.78 is 26.7. The zero-order valence-corrected chi connectivity index (χ0v) is 11.4. The van der Waals surface area contributed by atoms with Gasteiger partial charge in [0.25, 0.3) is 0 Å². The van der Waals surface area contributed by atoms with Gasteiger partial charge in [-0.3, -0.25) is 4.79 Å². The highest BCUT2D eigenvalue weighted by Gasteiger charge is 2.16. The molecule has 0 aromatic heterocycles. The van der Waals surface area contributed by atoms with E-state index < -0.39 is 11.6 Å². The van der Waals surface area contributed by atoms with Gasteiger partial charge in [-0.05, 0) is 35.4 Å². The lowest BCUT2D eigenvalue weighted by Crippen LogP contribution is -2.06. The number of ketones is 1. The van der Waals surface area contributed by atoms with Crippen LogP contribution in [0.3, 0.4) is 0 Å². The predicted octanol–water partition coefficient (Wildman–Crippen LogP) is 4.66. The second-order valence-electron chi connectivity index (χ2n) is 4.97. The van der Waals surface area contributed by atoms with E-state index >= 15 is 0 Å². The maximum atomic E-state index is 13.3. The highest BCUT2D eigenvalue weighted by molar-refractivity contribution is 6.17. The van der Waals surface area contributed by atoms with Gasteiger partial charge in [0.05, 0.1) is 0 Å². The summed E-state index contributed by atoms with van der Waals surface area (Å²) in [5.41, 5.74) is 1.29. The molecule has 0 fully saturated rings. The van der Waals surface area contributed by atoms with E-state index in [4.69, 9.17) is 0 Å². The first kappa shape index (κ1) is 13.4. The van der Waals surface area contributed by atoms with Crippen molar-refractivity contribution in [3.8, 4) is 0 Å². The monoisotopic (exact) mass is 282 g/mol. The van der Waals surface area contributed by atoms with Crippen LogP contribution in [0.15, 0.2) is 54.6 Å². The molecule has 0 unspecified atom stereocenters. The number of benzene rings is 3. The molecule has 0 aliphatic carbocycles. The summed E-state index contributed by atoms with van der Waals surface area (Å²) in [4.78, 5) is 12.7. The number of carbonyl (C=O) groups excluding carboxylic acids is 1. The lowest BCUT2D eigenvalue weighted by Gasteiger charge is -2.10. The molecule has 3 aromatic carbocycles. The molecule has 0 saturated carbocycles. The number of carbonyl (C=O) groups is 1. The van der Waals surface area contributed by atoms with E-state index in [1.807, 2.05) is 43.3 Å². The molecule has 104 valence electrons. The standard InChI is InChI=1S/C18H12F2O/c1-11-6-7-12-4-2-3-5-16(12)17(11)18(21)13-8-14(19)10-15(20)9-13/h2-10H,1H3. The summed E-state index contributed by atoms with van der Waals surface area (Å²) in [7, 11) is 0. The molecule has 3 rings (SSSR count). The Kier molecular flexibility index (Phi) is 3.26. The van der Waals surface area contributed by atoms with Crippen LogP contribution in [0.1, 0.15) is 21.5 Å². The maximum absolute atomic E-state index is 13.3. The summed E-state index contributed by atoms with van der Waals surface area (Å²) in [6.07, 6.45) is 0. The fraction of sp³-hybridized carbons (Fsp3) is 0.0556. The predicted molar refractivity (Wildman–Crippen MR) is 78.5 cm³/mol. The van der Waals surface area contributed by atoms with Crippen LogP contribution in [-0.2, 0) is 0 Å². The second-order valence-corrected chi connectivity index (χ2v) is 4.97. The third kappa shape index (κ3) is 2.42. The van der Waals surface area contributed by atoms with Gasteiger partial charge in [-0.15, -0.1) is 0 Å². The van der Waals surface area contributed by atoms with Gasteiger partial charge in [0.15, 0.2) is 5.78 Å². The van der Waals surface area contributed by atoms with Gasteiger partial charge in [-0.1, -0.05) is 36.4 Å². The topological polar surface area (TPSA) is 17.1 Å². The van der Waals surface area contributed by atoms with Crippen molar-refractivity contribution in [2.75, 3.05) is 0 Å². The number of aryl methyl sites for hydroxylation is 1. The molecule has 3 heteroatoms. The Morgan fingerprint density at radius 1 is 0.905 bits per heavy atom. The van der Waals surface area contributed by atoms with Gasteiger partial charge in [0, 0.05) is 17.2 Å². The average Bonchev–Trinajstić information content (AvgIpc) is 2.45. The van der Waals surface area contributed by atoms with Gasteiger partial charge in [-0.2, -0.15) is 0 Å². The van der Waals surface area contributed by atoms with Gasteiger partial charge >= 0.3 is 0 Å². The van der Waals surface area contributed by atoms with Gasteiger partial charge in [0.1, 0.15) is 11.6 Å². The van der Waals surface area contributed by atoms with Crippen LogP contribution in [-0.4, -0.2) is 5.78 Å². The van der Waals surface area contributed by atoms with Crippen LogP contribution in [0.25, 0.3) is 10.8 Å². The fourth-order valence-electron chi connectivity index (χ4n) is 2.51. The number of hydrogen-bond donors (Lipinski definition) is 0. The molecular weight excluding hydrogens is 270 g/mol. The first-order valence-corrected chi connectivity index (χ1v) is 6.55. The van der Waals surface area contributed by atoms with Crippen molar-refractivity contribution in [3.63, 3.8) is 0 Å². The smallest absolute Gasteiger partial charge is 0.194 e. The minimum absolute atomic E-state index is 0.0203. The summed E-state index contributed by atoms with van der Waals surface area (Å²) in [6.45, 7) is 1.81. The number of hydrogen-bond acceptors (Lipinski definition) is 1. The van der Waals surface area contributed by atoms with Crippen molar-refractivity contribution in [2.24, 2.45) is 0 Å². The van der Waals surface area contributed by atoms with Crippen LogP contribution >= 0.6 is 0 Å². The molecule has 0 saturated heterocycles. The zero-order chi connectivity index (χ0) is 15.0. The average molecular weight is 282 g/mol. The van der Waals surface area contributed by atoms with Crippen molar-refractivity contribution in [1.82, 2.24) is 0 Å². The molecule has 0 spiro atoms. The maximum Gasteiger partial charge on any atom is 0.194 e. The number of fused-ring (bicyclic) bond motifs is 1. The van der Waals surface area contributed by atoms with E-state index in [2.05, 4.69) is 0 Å². The Morgan fingerprint density at radius 2 is 1.57 bits per heavy atom. The highest BCUT2D eigenvalue weighted by atomic mass is 19.1. The Labute approximate surface area is 120 Å². The van der Waals surface area contributed by atoms with E-state index in [0.29, 0.717) is 5.56 Å². The lowest BCUT2D eigenvalue weighted by atomic mass is 9.93. The third-order valence-corrected chi connectivity index (χ3v) is 3.49. The largest absolute Gasteiger partial charge is 0.289 e. The molecule has 0 aliphatic rings. The van der Waals surface area contributed by atoms with Gasteiger partial charge in [-0.25, -0.2) is 8.78 Å². The van der Waals surface area contributed by atoms with Crippen molar-refractivity contribution < 1.29 is 13.6 Å². The Bertz CT molecular complexity index is 833. The molecule has 0 amide bonds. The third-order valence-electron chi connectivity index (χ3n) is 3.49. The van der Waals surface area contributed by atoms with Gasteiger partial charge < -0.3 is 0 Å². The molecule has 1 nitrogen and oxygen atoms in total. The highest BCUT2D eigenvalue weighted by Crippen LogP contribution is 2.25. The number of rotatable bonds is 2. The molecule has 3 aromatic rings. The molecule has 0 aliphatic heterocycles. The first-order valence-electron chi connectivity index (χ1n) is 6.55. The Balaban J connectivity index is 2.24. The summed E-state index contributed by atoms with van der Waals surface area (Å²) in [5, 5.41) is 1.70. The molecule has 21 heavy (non-hydrogen) atoms. The molecule has 0 heterocycles. The van der Waals surface area contributed by atoms with E-state index in [-0.39, 0.29) is 11.3 Å². The molecule has 0 radical (unpaired) electrons. The quantitative estimate of drug-likeness (QED) is 0.625. The zero-order valence-electron chi connectivity index (χ0n) is 11.4. The van der Waals surface area contributed by atoms with E-state index in [0.717, 1.165) is 34.5 Å². The molecule has 0 atom stereocenters. The van der Waals surface area contributed by atoms with Crippen molar-refractivity contribution in [2.45, 2.75) is 6.92 Å². The second kappa shape index (κ2) is 5.09. The molecular formula is C18H12F2O. The van der Waals surface area contributed by atoms with Crippen LogP contribution in [0.4, 0.5) is 8.78 Å². The summed E-state index contributed by atoms with van der Waals surface area (Å²) >= 11 is 0. The van der Waals surface area contributed by atoms with E-state index in [1.165, 1.54) is 0 Å². The van der Waals surface area contributed by atoms with Crippen LogP contribution < -0.4 is 0 Å². The van der Waals surface area contributed by atoms with Gasteiger partial charge in [0.2, 0.25) is 0 Å². The Hall–Kier alpha value is -2.55. The van der Waals surface area contributed by atoms with Crippen LogP contribution in [0, 0.1) is 18.6 Å². The van der Waals surface area contributed by atoms with Crippen LogP contribution in [0.2, 0.25) is 0 Å². The minimum Gasteiger partial charge on any atom is -0.289 e. The first-order chi connectivity index (χ1) is 10.1. The normalized spacial score (nSPS) is 10.8. The molecule has 0 bridgehead atoms. The van der Waals surface area contributed by atoms with E-state index in [1.54, 1.807) is 0 Å². The van der Waals surface area contributed by atoms with Crippen molar-refractivity contribution in [1.29, 1.82) is 0 Å². The SMILES string of the molecule is Cc1ccc2ccccc2c1C(=O)c1cc(F)cc(F)c1. The Morgan fingerprint density at radius 3 is 2.29 bits per heavy atom. The number of halogens is 2. The summed E-state index contributed by atoms with van der Waals surface area (Å²) in [5.74, 6) is -1.88.